The standard InChI is InChI=1S/C19H24FN3O2/c1-2-12-23-17(24)9-5-10-19(23)11-6-13-22(14-19)18(25)21-16-8-4-3-7-15(16)20/h2-4,7-8H,1,5-6,9-14H2,(H,21,25). The van der Waals surface area contributed by atoms with Gasteiger partial charge in [-0.3, -0.25) is 4.79 Å². The topological polar surface area (TPSA) is 52.7 Å². The minimum Gasteiger partial charge on any atom is -0.332 e. The van der Waals surface area contributed by atoms with Gasteiger partial charge in [0.1, 0.15) is 5.82 Å². The molecule has 0 aliphatic carbocycles. The van der Waals surface area contributed by atoms with Crippen molar-refractivity contribution in [1.82, 2.24) is 9.80 Å². The van der Waals surface area contributed by atoms with E-state index in [0.717, 1.165) is 25.7 Å². The number of carbonyl (C=O) groups is 2. The highest BCUT2D eigenvalue weighted by molar-refractivity contribution is 5.89. The number of benzene rings is 1. The van der Waals surface area contributed by atoms with Crippen LogP contribution >= 0.6 is 0 Å². The molecule has 1 atom stereocenters. The van der Waals surface area contributed by atoms with Crippen LogP contribution in [0.1, 0.15) is 32.1 Å². The summed E-state index contributed by atoms with van der Waals surface area (Å²) in [4.78, 5) is 28.6. The first-order chi connectivity index (χ1) is 12.1. The van der Waals surface area contributed by atoms with Gasteiger partial charge in [0, 0.05) is 26.1 Å². The Hall–Kier alpha value is -2.37. The summed E-state index contributed by atoms with van der Waals surface area (Å²) < 4.78 is 13.8. The summed E-state index contributed by atoms with van der Waals surface area (Å²) in [6, 6.07) is 5.81. The summed E-state index contributed by atoms with van der Waals surface area (Å²) in [5, 5.41) is 2.65. The van der Waals surface area contributed by atoms with Crippen LogP contribution in [0.25, 0.3) is 0 Å². The lowest BCUT2D eigenvalue weighted by Crippen LogP contribution is -2.63. The highest BCUT2D eigenvalue weighted by Crippen LogP contribution is 2.36. The fourth-order valence-corrected chi connectivity index (χ4v) is 3.99. The van der Waals surface area contributed by atoms with Gasteiger partial charge in [0.05, 0.1) is 11.2 Å². The molecule has 2 aliphatic rings. The molecule has 25 heavy (non-hydrogen) atoms. The van der Waals surface area contributed by atoms with Crippen molar-refractivity contribution in [2.75, 3.05) is 25.0 Å². The van der Waals surface area contributed by atoms with Crippen molar-refractivity contribution < 1.29 is 14.0 Å². The lowest BCUT2D eigenvalue weighted by molar-refractivity contribution is -0.143. The van der Waals surface area contributed by atoms with Gasteiger partial charge < -0.3 is 15.1 Å². The Balaban J connectivity index is 1.75. The van der Waals surface area contributed by atoms with Crippen molar-refractivity contribution in [2.45, 2.75) is 37.6 Å². The third-order valence-electron chi connectivity index (χ3n) is 5.18. The average molecular weight is 345 g/mol. The molecule has 1 spiro atoms. The van der Waals surface area contributed by atoms with Crippen molar-refractivity contribution in [3.05, 3.63) is 42.7 Å². The smallest absolute Gasteiger partial charge is 0.322 e. The van der Waals surface area contributed by atoms with Crippen molar-refractivity contribution in [2.24, 2.45) is 0 Å². The average Bonchev–Trinajstić information content (AvgIpc) is 2.61. The number of nitrogens with zero attached hydrogens (tertiary/aromatic N) is 2. The Morgan fingerprint density at radius 3 is 2.84 bits per heavy atom. The number of hydrogen-bond acceptors (Lipinski definition) is 2. The zero-order valence-corrected chi connectivity index (χ0v) is 14.3. The highest BCUT2D eigenvalue weighted by atomic mass is 19.1. The van der Waals surface area contributed by atoms with E-state index in [9.17, 15) is 14.0 Å². The van der Waals surface area contributed by atoms with Crippen molar-refractivity contribution in [3.63, 3.8) is 0 Å². The number of amides is 3. The second-order valence-electron chi connectivity index (χ2n) is 6.81. The number of nitrogens with one attached hydrogen (secondary N) is 1. The Morgan fingerprint density at radius 1 is 1.32 bits per heavy atom. The van der Waals surface area contributed by atoms with Gasteiger partial charge in [-0.25, -0.2) is 9.18 Å². The molecule has 5 nitrogen and oxygen atoms in total. The number of urea groups is 1. The van der Waals surface area contributed by atoms with Crippen molar-refractivity contribution >= 4 is 17.6 Å². The molecular weight excluding hydrogens is 321 g/mol. The number of carbonyl (C=O) groups excluding carboxylic acids is 2. The number of anilines is 1. The van der Waals surface area contributed by atoms with E-state index in [2.05, 4.69) is 11.9 Å². The molecule has 1 unspecified atom stereocenters. The number of hydrogen-bond donors (Lipinski definition) is 1. The van der Waals surface area contributed by atoms with Gasteiger partial charge in [-0.1, -0.05) is 18.2 Å². The first-order valence-electron chi connectivity index (χ1n) is 8.77. The first-order valence-corrected chi connectivity index (χ1v) is 8.77. The minimum absolute atomic E-state index is 0.127. The second kappa shape index (κ2) is 7.25. The molecule has 2 saturated heterocycles. The Labute approximate surface area is 147 Å². The molecule has 0 aromatic heterocycles. The predicted octanol–water partition coefficient (Wildman–Crippen LogP) is 3.39. The van der Waals surface area contributed by atoms with E-state index in [1.165, 1.54) is 6.07 Å². The fraction of sp³-hybridized carbons (Fsp3) is 0.474. The monoisotopic (exact) mass is 345 g/mol. The van der Waals surface area contributed by atoms with E-state index < -0.39 is 5.82 Å². The predicted molar refractivity (Wildman–Crippen MR) is 94.7 cm³/mol. The number of halogens is 1. The summed E-state index contributed by atoms with van der Waals surface area (Å²) in [6.45, 7) is 5.35. The fourth-order valence-electron chi connectivity index (χ4n) is 3.99. The maximum absolute atomic E-state index is 13.8. The molecule has 1 N–H and O–H groups in total. The Morgan fingerprint density at radius 2 is 2.08 bits per heavy atom. The molecule has 134 valence electrons. The van der Waals surface area contributed by atoms with Crippen LogP contribution in [0.5, 0.6) is 0 Å². The third-order valence-corrected chi connectivity index (χ3v) is 5.18. The molecule has 3 amide bonds. The van der Waals surface area contributed by atoms with Gasteiger partial charge in [0.25, 0.3) is 0 Å². The van der Waals surface area contributed by atoms with E-state index in [0.29, 0.717) is 26.1 Å². The van der Waals surface area contributed by atoms with Gasteiger partial charge in [-0.15, -0.1) is 6.58 Å². The molecule has 1 aromatic carbocycles. The van der Waals surface area contributed by atoms with Gasteiger partial charge in [0.2, 0.25) is 5.91 Å². The summed E-state index contributed by atoms with van der Waals surface area (Å²) in [6.07, 6.45) is 5.73. The van der Waals surface area contributed by atoms with Crippen molar-refractivity contribution in [3.8, 4) is 0 Å². The molecule has 2 aliphatic heterocycles. The number of para-hydroxylation sites is 1. The number of likely N-dealkylation sites (tertiary alicyclic amines) is 2. The normalized spacial score (nSPS) is 23.6. The SMILES string of the molecule is C=CCN1C(=O)CCCC12CCCN(C(=O)Nc1ccccc1F)C2. The zero-order chi connectivity index (χ0) is 17.9. The Bertz CT molecular complexity index is 674. The maximum atomic E-state index is 13.8. The van der Waals surface area contributed by atoms with Crippen LogP contribution in [0.2, 0.25) is 0 Å². The minimum atomic E-state index is -0.455. The van der Waals surface area contributed by atoms with Crippen LogP contribution < -0.4 is 5.32 Å². The second-order valence-corrected chi connectivity index (χ2v) is 6.81. The summed E-state index contributed by atoms with van der Waals surface area (Å²) in [7, 11) is 0. The zero-order valence-electron chi connectivity index (χ0n) is 14.3. The van der Waals surface area contributed by atoms with Crippen LogP contribution in [0, 0.1) is 5.82 Å². The molecule has 1 aromatic rings. The van der Waals surface area contributed by atoms with E-state index in [1.807, 2.05) is 4.90 Å². The quantitative estimate of drug-likeness (QED) is 0.854. The largest absolute Gasteiger partial charge is 0.332 e. The van der Waals surface area contributed by atoms with Gasteiger partial charge in [-0.2, -0.15) is 0 Å². The molecule has 3 rings (SSSR count). The van der Waals surface area contributed by atoms with E-state index in [4.69, 9.17) is 0 Å². The molecule has 2 fully saturated rings. The molecule has 6 heteroatoms. The van der Waals surface area contributed by atoms with Crippen LogP contribution in [0.4, 0.5) is 14.9 Å². The van der Waals surface area contributed by atoms with Crippen molar-refractivity contribution in [1.29, 1.82) is 0 Å². The van der Waals surface area contributed by atoms with Crippen LogP contribution in [-0.4, -0.2) is 46.9 Å². The Kier molecular flexibility index (Phi) is 5.06. The summed E-state index contributed by atoms with van der Waals surface area (Å²) in [5.41, 5.74) is -0.149. The third kappa shape index (κ3) is 3.52. The van der Waals surface area contributed by atoms with Crippen LogP contribution in [0.15, 0.2) is 36.9 Å². The molecule has 0 saturated carbocycles. The molecular formula is C19H24FN3O2. The number of rotatable bonds is 3. The van der Waals surface area contributed by atoms with E-state index >= 15 is 0 Å². The number of piperidine rings is 2. The van der Waals surface area contributed by atoms with E-state index in [-0.39, 0.29) is 23.2 Å². The van der Waals surface area contributed by atoms with Crippen LogP contribution in [-0.2, 0) is 4.79 Å². The highest BCUT2D eigenvalue weighted by Gasteiger charge is 2.45. The van der Waals surface area contributed by atoms with Gasteiger partial charge in [-0.05, 0) is 37.8 Å². The first kappa shape index (κ1) is 17.5. The molecule has 0 bridgehead atoms. The van der Waals surface area contributed by atoms with Gasteiger partial charge in [0.15, 0.2) is 0 Å². The summed E-state index contributed by atoms with van der Waals surface area (Å²) in [5.74, 6) is -0.328. The van der Waals surface area contributed by atoms with Gasteiger partial charge >= 0.3 is 6.03 Å². The summed E-state index contributed by atoms with van der Waals surface area (Å²) >= 11 is 0. The lowest BCUT2D eigenvalue weighted by Gasteiger charge is -2.51. The maximum Gasteiger partial charge on any atom is 0.322 e. The molecule has 0 radical (unpaired) electrons. The molecule has 2 heterocycles. The lowest BCUT2D eigenvalue weighted by atomic mass is 9.79. The van der Waals surface area contributed by atoms with Crippen LogP contribution in [0.3, 0.4) is 0 Å². The van der Waals surface area contributed by atoms with E-state index in [1.54, 1.807) is 29.2 Å².